The molecule has 0 unspecified atom stereocenters. The first-order chi connectivity index (χ1) is 6.79. The number of benzene rings is 1. The average molecular weight is 186 g/mol. The van der Waals surface area contributed by atoms with Crippen molar-refractivity contribution in [1.82, 2.24) is 0 Å². The monoisotopic (exact) mass is 186 g/mol. The van der Waals surface area contributed by atoms with Gasteiger partial charge in [-0.15, -0.1) is 0 Å². The van der Waals surface area contributed by atoms with Crippen LogP contribution in [0.4, 0.5) is 0 Å². The molecule has 14 heavy (non-hydrogen) atoms. The highest BCUT2D eigenvalue weighted by atomic mass is 14.3. The molecule has 0 amide bonds. The van der Waals surface area contributed by atoms with Crippen LogP contribution in [-0.4, -0.2) is 0 Å². The maximum atomic E-state index is 2.40. The highest BCUT2D eigenvalue weighted by Crippen LogP contribution is 2.39. The second kappa shape index (κ2) is 4.00. The van der Waals surface area contributed by atoms with E-state index in [1.807, 2.05) is 0 Å². The SMILES string of the molecule is CC1(/C=C/c2ccccc2)CCCC1. The third-order valence-corrected chi connectivity index (χ3v) is 3.22. The first-order valence-corrected chi connectivity index (χ1v) is 5.53. The van der Waals surface area contributed by atoms with Crippen molar-refractivity contribution in [1.29, 1.82) is 0 Å². The molecule has 1 aliphatic carbocycles. The maximum absolute atomic E-state index is 2.40. The lowest BCUT2D eigenvalue weighted by Gasteiger charge is -2.17. The van der Waals surface area contributed by atoms with Gasteiger partial charge in [-0.2, -0.15) is 0 Å². The minimum atomic E-state index is 0.468. The van der Waals surface area contributed by atoms with Crippen molar-refractivity contribution in [2.45, 2.75) is 32.6 Å². The van der Waals surface area contributed by atoms with Gasteiger partial charge in [0.2, 0.25) is 0 Å². The van der Waals surface area contributed by atoms with Gasteiger partial charge in [0, 0.05) is 0 Å². The molecule has 0 atom stereocenters. The van der Waals surface area contributed by atoms with Crippen LogP contribution in [-0.2, 0) is 0 Å². The topological polar surface area (TPSA) is 0 Å². The molecule has 0 heteroatoms. The second-order valence-electron chi connectivity index (χ2n) is 4.61. The molecule has 0 aliphatic heterocycles. The van der Waals surface area contributed by atoms with Crippen LogP contribution < -0.4 is 0 Å². The Labute approximate surface area is 86.7 Å². The minimum Gasteiger partial charge on any atom is -0.0780 e. The molecule has 0 heterocycles. The van der Waals surface area contributed by atoms with Crippen LogP contribution in [0.5, 0.6) is 0 Å². The predicted molar refractivity (Wildman–Crippen MR) is 62.1 cm³/mol. The molecule has 0 bridgehead atoms. The Morgan fingerprint density at radius 1 is 1.07 bits per heavy atom. The van der Waals surface area contributed by atoms with E-state index in [4.69, 9.17) is 0 Å². The normalized spacial score (nSPS) is 20.4. The van der Waals surface area contributed by atoms with Crippen LogP contribution >= 0.6 is 0 Å². The summed E-state index contributed by atoms with van der Waals surface area (Å²) in [5, 5.41) is 0. The molecular weight excluding hydrogens is 168 g/mol. The molecule has 1 fully saturated rings. The van der Waals surface area contributed by atoms with Crippen LogP contribution in [0.15, 0.2) is 36.4 Å². The van der Waals surface area contributed by atoms with Crippen molar-refractivity contribution in [2.24, 2.45) is 5.41 Å². The highest BCUT2D eigenvalue weighted by Gasteiger charge is 2.25. The summed E-state index contributed by atoms with van der Waals surface area (Å²) in [7, 11) is 0. The van der Waals surface area contributed by atoms with Gasteiger partial charge in [0.25, 0.3) is 0 Å². The summed E-state index contributed by atoms with van der Waals surface area (Å²) in [6, 6.07) is 10.6. The fourth-order valence-electron chi connectivity index (χ4n) is 2.21. The van der Waals surface area contributed by atoms with E-state index in [9.17, 15) is 0 Å². The zero-order valence-corrected chi connectivity index (χ0v) is 8.87. The summed E-state index contributed by atoms with van der Waals surface area (Å²) in [5.74, 6) is 0. The van der Waals surface area contributed by atoms with E-state index in [0.717, 1.165) is 0 Å². The second-order valence-corrected chi connectivity index (χ2v) is 4.61. The van der Waals surface area contributed by atoms with Crippen LogP contribution in [0.1, 0.15) is 38.2 Å². The summed E-state index contributed by atoms with van der Waals surface area (Å²) < 4.78 is 0. The van der Waals surface area contributed by atoms with Crippen LogP contribution in [0.3, 0.4) is 0 Å². The smallest absolute Gasteiger partial charge is 0.0143 e. The molecule has 0 N–H and O–H groups in total. The molecule has 0 nitrogen and oxygen atoms in total. The Hall–Kier alpha value is -1.04. The average Bonchev–Trinajstić information content (AvgIpc) is 2.65. The van der Waals surface area contributed by atoms with Gasteiger partial charge in [-0.1, -0.05) is 62.2 Å². The fraction of sp³-hybridized carbons (Fsp3) is 0.429. The van der Waals surface area contributed by atoms with Gasteiger partial charge < -0.3 is 0 Å². The van der Waals surface area contributed by atoms with Gasteiger partial charge in [-0.3, -0.25) is 0 Å². The standard InChI is InChI=1S/C14H18/c1-14(10-5-6-11-14)12-9-13-7-3-2-4-8-13/h2-4,7-9,12H,5-6,10-11H2,1H3/b12-9+. The Kier molecular flexibility index (Phi) is 2.72. The van der Waals surface area contributed by atoms with Gasteiger partial charge in [-0.25, -0.2) is 0 Å². The number of allylic oxidation sites excluding steroid dienone is 1. The molecule has 74 valence electrons. The lowest BCUT2D eigenvalue weighted by atomic mass is 9.88. The molecule has 2 rings (SSSR count). The number of hydrogen-bond acceptors (Lipinski definition) is 0. The minimum absolute atomic E-state index is 0.468. The van der Waals surface area contributed by atoms with Crippen molar-refractivity contribution in [3.05, 3.63) is 42.0 Å². The third-order valence-electron chi connectivity index (χ3n) is 3.22. The number of rotatable bonds is 2. The number of hydrogen-bond donors (Lipinski definition) is 0. The zero-order valence-electron chi connectivity index (χ0n) is 8.87. The van der Waals surface area contributed by atoms with E-state index in [-0.39, 0.29) is 0 Å². The molecule has 0 radical (unpaired) electrons. The molecule has 1 aliphatic rings. The quantitative estimate of drug-likeness (QED) is 0.646. The van der Waals surface area contributed by atoms with Crippen molar-refractivity contribution in [3.8, 4) is 0 Å². The highest BCUT2D eigenvalue weighted by molar-refractivity contribution is 5.49. The van der Waals surface area contributed by atoms with E-state index >= 15 is 0 Å². The summed E-state index contributed by atoms with van der Waals surface area (Å²) >= 11 is 0. The lowest BCUT2D eigenvalue weighted by Crippen LogP contribution is -2.05. The van der Waals surface area contributed by atoms with E-state index in [2.05, 4.69) is 49.4 Å². The van der Waals surface area contributed by atoms with Crippen molar-refractivity contribution in [3.63, 3.8) is 0 Å². The first kappa shape index (κ1) is 9.51. The van der Waals surface area contributed by atoms with Gasteiger partial charge in [0.05, 0.1) is 0 Å². The molecule has 1 aromatic rings. The van der Waals surface area contributed by atoms with Gasteiger partial charge in [-0.05, 0) is 23.8 Å². The van der Waals surface area contributed by atoms with Crippen molar-refractivity contribution >= 4 is 6.08 Å². The zero-order chi connectivity index (χ0) is 9.86. The van der Waals surface area contributed by atoms with Gasteiger partial charge in [0.1, 0.15) is 0 Å². The molecule has 0 spiro atoms. The Bertz CT molecular complexity index is 302. The summed E-state index contributed by atoms with van der Waals surface area (Å²) in [6.07, 6.45) is 10.2. The summed E-state index contributed by atoms with van der Waals surface area (Å²) in [5.41, 5.74) is 1.79. The van der Waals surface area contributed by atoms with E-state index in [1.54, 1.807) is 0 Å². The molecular formula is C14H18. The van der Waals surface area contributed by atoms with Gasteiger partial charge >= 0.3 is 0 Å². The van der Waals surface area contributed by atoms with Crippen LogP contribution in [0.25, 0.3) is 6.08 Å². The largest absolute Gasteiger partial charge is 0.0780 e. The molecule has 1 aromatic carbocycles. The molecule has 0 aromatic heterocycles. The van der Waals surface area contributed by atoms with E-state index < -0.39 is 0 Å². The lowest BCUT2D eigenvalue weighted by molar-refractivity contribution is 0.448. The van der Waals surface area contributed by atoms with Crippen LogP contribution in [0, 0.1) is 5.41 Å². The van der Waals surface area contributed by atoms with Crippen molar-refractivity contribution < 1.29 is 0 Å². The van der Waals surface area contributed by atoms with Gasteiger partial charge in [0.15, 0.2) is 0 Å². The Morgan fingerprint density at radius 2 is 1.71 bits per heavy atom. The Balaban J connectivity index is 2.06. The maximum Gasteiger partial charge on any atom is -0.0143 e. The fourth-order valence-corrected chi connectivity index (χ4v) is 2.21. The predicted octanol–water partition coefficient (Wildman–Crippen LogP) is 4.28. The summed E-state index contributed by atoms with van der Waals surface area (Å²) in [4.78, 5) is 0. The van der Waals surface area contributed by atoms with E-state index in [1.165, 1.54) is 31.2 Å². The Morgan fingerprint density at radius 3 is 2.36 bits per heavy atom. The van der Waals surface area contributed by atoms with Crippen LogP contribution in [0.2, 0.25) is 0 Å². The van der Waals surface area contributed by atoms with Crippen molar-refractivity contribution in [2.75, 3.05) is 0 Å². The summed E-state index contributed by atoms with van der Waals surface area (Å²) in [6.45, 7) is 2.37. The third kappa shape index (κ3) is 2.25. The molecule has 1 saturated carbocycles. The van der Waals surface area contributed by atoms with E-state index in [0.29, 0.717) is 5.41 Å². The first-order valence-electron chi connectivity index (χ1n) is 5.53. The molecule has 0 saturated heterocycles.